The number of hydrogen-bond donors (Lipinski definition) is 0. The Hall–Kier alpha value is -2.66. The Bertz CT molecular complexity index is 831. The third-order valence-electron chi connectivity index (χ3n) is 4.67. The van der Waals surface area contributed by atoms with E-state index < -0.39 is 0 Å². The first-order valence-corrected chi connectivity index (χ1v) is 9.77. The Kier molecular flexibility index (Phi) is 6.82. The van der Waals surface area contributed by atoms with Gasteiger partial charge in [0.1, 0.15) is 0 Å². The van der Waals surface area contributed by atoms with Gasteiger partial charge in [-0.2, -0.15) is 0 Å². The normalized spacial score (nSPS) is 14.4. The van der Waals surface area contributed by atoms with E-state index in [0.29, 0.717) is 36.2 Å². The fraction of sp³-hybridized carbons (Fsp3) is 0.318. The summed E-state index contributed by atoms with van der Waals surface area (Å²) in [5, 5.41) is 0.456. The number of hydrogen-bond acceptors (Lipinski definition) is 4. The van der Waals surface area contributed by atoms with Gasteiger partial charge in [0.05, 0.1) is 18.7 Å². The van der Waals surface area contributed by atoms with Gasteiger partial charge >= 0.3 is 0 Å². The number of para-hydroxylation sites is 1. The highest BCUT2D eigenvalue weighted by atomic mass is 35.5. The second-order valence-corrected chi connectivity index (χ2v) is 6.86. The molecule has 0 aromatic heterocycles. The lowest BCUT2D eigenvalue weighted by molar-refractivity contribution is -0.126. The monoisotopic (exact) mass is 400 g/mol. The third-order valence-corrected chi connectivity index (χ3v) is 4.95. The molecule has 1 heterocycles. The Morgan fingerprint density at radius 3 is 2.50 bits per heavy atom. The first-order valence-electron chi connectivity index (χ1n) is 9.39. The van der Waals surface area contributed by atoms with E-state index in [9.17, 15) is 4.79 Å². The van der Waals surface area contributed by atoms with Crippen molar-refractivity contribution < 1.29 is 14.3 Å². The van der Waals surface area contributed by atoms with Gasteiger partial charge < -0.3 is 19.3 Å². The van der Waals surface area contributed by atoms with Crippen LogP contribution in [-0.4, -0.2) is 50.7 Å². The van der Waals surface area contributed by atoms with Gasteiger partial charge in [-0.3, -0.25) is 4.79 Å². The highest BCUT2D eigenvalue weighted by Gasteiger charge is 2.19. The van der Waals surface area contributed by atoms with Crippen molar-refractivity contribution in [2.24, 2.45) is 0 Å². The maximum atomic E-state index is 12.6. The van der Waals surface area contributed by atoms with Crippen molar-refractivity contribution >= 4 is 29.3 Å². The van der Waals surface area contributed by atoms with E-state index in [-0.39, 0.29) is 5.91 Å². The Labute approximate surface area is 171 Å². The lowest BCUT2D eigenvalue weighted by Crippen LogP contribution is -2.48. The van der Waals surface area contributed by atoms with Gasteiger partial charge in [0, 0.05) is 37.9 Å². The SMILES string of the molecule is CCOc1cc(/C=C/C(=O)N2CCN(c3ccccc3)CC2)cc(Cl)c1OC. The maximum Gasteiger partial charge on any atom is 0.246 e. The van der Waals surface area contributed by atoms with Crippen LogP contribution < -0.4 is 14.4 Å². The lowest BCUT2D eigenvalue weighted by atomic mass is 10.1. The molecule has 6 heteroatoms. The summed E-state index contributed by atoms with van der Waals surface area (Å²) in [6.45, 7) is 5.45. The molecule has 0 spiro atoms. The molecule has 1 amide bonds. The van der Waals surface area contributed by atoms with Crippen molar-refractivity contribution in [1.82, 2.24) is 4.90 Å². The van der Waals surface area contributed by atoms with Crippen molar-refractivity contribution in [1.29, 1.82) is 0 Å². The van der Waals surface area contributed by atoms with Crippen LogP contribution in [0.1, 0.15) is 12.5 Å². The third kappa shape index (κ3) is 4.78. The van der Waals surface area contributed by atoms with Crippen LogP contribution in [0.2, 0.25) is 5.02 Å². The van der Waals surface area contributed by atoms with Gasteiger partial charge in [0.2, 0.25) is 5.91 Å². The zero-order chi connectivity index (χ0) is 19.9. The Balaban J connectivity index is 1.63. The minimum atomic E-state index is -0.00221. The predicted molar refractivity (Wildman–Crippen MR) is 113 cm³/mol. The molecule has 1 saturated heterocycles. The van der Waals surface area contributed by atoms with Crippen LogP contribution >= 0.6 is 11.6 Å². The smallest absolute Gasteiger partial charge is 0.246 e. The van der Waals surface area contributed by atoms with Crippen molar-refractivity contribution in [2.45, 2.75) is 6.92 Å². The number of halogens is 1. The molecule has 5 nitrogen and oxygen atoms in total. The van der Waals surface area contributed by atoms with Gasteiger partial charge in [0.25, 0.3) is 0 Å². The van der Waals surface area contributed by atoms with Gasteiger partial charge in [-0.15, -0.1) is 0 Å². The molecule has 1 fully saturated rings. The minimum Gasteiger partial charge on any atom is -0.491 e. The van der Waals surface area contributed by atoms with E-state index in [1.54, 1.807) is 25.3 Å². The van der Waals surface area contributed by atoms with Gasteiger partial charge in [0.15, 0.2) is 11.5 Å². The molecule has 0 N–H and O–H groups in total. The fourth-order valence-electron chi connectivity index (χ4n) is 3.24. The van der Waals surface area contributed by atoms with Crippen molar-refractivity contribution in [2.75, 3.05) is 44.8 Å². The summed E-state index contributed by atoms with van der Waals surface area (Å²) in [6, 6.07) is 13.9. The molecule has 28 heavy (non-hydrogen) atoms. The van der Waals surface area contributed by atoms with Crippen molar-refractivity contribution in [3.05, 3.63) is 59.1 Å². The number of piperazine rings is 1. The number of anilines is 1. The second-order valence-electron chi connectivity index (χ2n) is 6.45. The molecule has 1 aliphatic heterocycles. The summed E-state index contributed by atoms with van der Waals surface area (Å²) in [6.07, 6.45) is 3.35. The van der Waals surface area contributed by atoms with E-state index in [4.69, 9.17) is 21.1 Å². The van der Waals surface area contributed by atoms with Crippen molar-refractivity contribution in [3.63, 3.8) is 0 Å². The second kappa shape index (κ2) is 9.51. The Morgan fingerprint density at radius 2 is 1.86 bits per heavy atom. The van der Waals surface area contributed by atoms with Crippen LogP contribution in [0.25, 0.3) is 6.08 Å². The molecule has 2 aromatic rings. The standard InChI is InChI=1S/C22H25ClN2O3/c1-3-28-20-16-17(15-19(23)22(20)27-2)9-10-21(26)25-13-11-24(12-14-25)18-7-5-4-6-8-18/h4-10,15-16H,3,11-14H2,1-2H3/b10-9+. The number of ether oxygens (including phenoxy) is 2. The molecule has 1 aliphatic rings. The number of carbonyl (C=O) groups excluding carboxylic acids is 1. The number of rotatable bonds is 6. The zero-order valence-corrected chi connectivity index (χ0v) is 17.0. The number of methoxy groups -OCH3 is 1. The molecule has 0 aliphatic carbocycles. The predicted octanol–water partition coefficient (Wildman–Crippen LogP) is 4.11. The van der Waals surface area contributed by atoms with E-state index in [0.717, 1.165) is 18.7 Å². The number of amides is 1. The van der Waals surface area contributed by atoms with Gasteiger partial charge in [-0.25, -0.2) is 0 Å². The van der Waals surface area contributed by atoms with Crippen LogP contribution in [0.4, 0.5) is 5.69 Å². The average molecular weight is 401 g/mol. The van der Waals surface area contributed by atoms with Crippen molar-refractivity contribution in [3.8, 4) is 11.5 Å². The topological polar surface area (TPSA) is 42.0 Å². The summed E-state index contributed by atoms with van der Waals surface area (Å²) in [5.41, 5.74) is 1.99. The molecule has 0 atom stereocenters. The average Bonchev–Trinajstić information content (AvgIpc) is 2.73. The van der Waals surface area contributed by atoms with Crippen LogP contribution in [-0.2, 0) is 4.79 Å². The van der Waals surface area contributed by atoms with Gasteiger partial charge in [-0.1, -0.05) is 29.8 Å². The molecule has 0 saturated carbocycles. The summed E-state index contributed by atoms with van der Waals surface area (Å²) in [4.78, 5) is 16.7. The first kappa shape index (κ1) is 20.1. The summed E-state index contributed by atoms with van der Waals surface area (Å²) in [5.74, 6) is 1.07. The van der Waals surface area contributed by atoms with Gasteiger partial charge in [-0.05, 0) is 42.8 Å². The van der Waals surface area contributed by atoms with Crippen LogP contribution in [0, 0.1) is 0 Å². The number of nitrogens with zero attached hydrogens (tertiary/aromatic N) is 2. The van der Waals surface area contributed by atoms with E-state index in [1.807, 2.05) is 36.1 Å². The van der Waals surface area contributed by atoms with E-state index in [1.165, 1.54) is 5.69 Å². The minimum absolute atomic E-state index is 0.00221. The molecule has 0 radical (unpaired) electrons. The molecule has 3 rings (SSSR count). The Morgan fingerprint density at radius 1 is 1.14 bits per heavy atom. The maximum absolute atomic E-state index is 12.6. The molecule has 2 aromatic carbocycles. The molecular weight excluding hydrogens is 376 g/mol. The number of carbonyl (C=O) groups is 1. The lowest BCUT2D eigenvalue weighted by Gasteiger charge is -2.35. The van der Waals surface area contributed by atoms with E-state index >= 15 is 0 Å². The van der Waals surface area contributed by atoms with Crippen LogP contribution in [0.3, 0.4) is 0 Å². The summed E-state index contributed by atoms with van der Waals surface area (Å²) in [7, 11) is 1.55. The number of benzene rings is 2. The summed E-state index contributed by atoms with van der Waals surface area (Å²) < 4.78 is 10.9. The molecule has 148 valence electrons. The quantitative estimate of drug-likeness (QED) is 0.684. The molecular formula is C22H25ClN2O3. The van der Waals surface area contributed by atoms with Crippen LogP contribution in [0.5, 0.6) is 11.5 Å². The van der Waals surface area contributed by atoms with Crippen LogP contribution in [0.15, 0.2) is 48.5 Å². The zero-order valence-electron chi connectivity index (χ0n) is 16.2. The highest BCUT2D eigenvalue weighted by Crippen LogP contribution is 2.36. The summed E-state index contributed by atoms with van der Waals surface area (Å²) >= 11 is 6.27. The largest absolute Gasteiger partial charge is 0.491 e. The first-order chi connectivity index (χ1) is 13.6. The fourth-order valence-corrected chi connectivity index (χ4v) is 3.54. The molecule has 0 unspecified atom stereocenters. The highest BCUT2D eigenvalue weighted by molar-refractivity contribution is 6.32. The van der Waals surface area contributed by atoms with E-state index in [2.05, 4.69) is 17.0 Å². The molecule has 0 bridgehead atoms.